The Bertz CT molecular complexity index is 583. The third kappa shape index (κ3) is 3.06. The van der Waals surface area contributed by atoms with Crippen LogP contribution in [0.2, 0.25) is 0 Å². The number of benzene rings is 2. The number of hydrogen-bond acceptors (Lipinski definition) is 1. The minimum Gasteiger partial charge on any atom is -0.298 e. The van der Waals surface area contributed by atoms with Crippen LogP contribution >= 0.6 is 0 Å². The summed E-state index contributed by atoms with van der Waals surface area (Å²) in [5.74, 6) is 6.17. The molecule has 82 valence electrons. The first-order valence-electron chi connectivity index (χ1n) is 5.42. The summed E-state index contributed by atoms with van der Waals surface area (Å²) in [4.78, 5) is 10.5. The maximum absolute atomic E-state index is 10.5. The molecule has 0 spiro atoms. The van der Waals surface area contributed by atoms with Crippen LogP contribution in [-0.2, 0) is 0 Å². The van der Waals surface area contributed by atoms with E-state index in [-0.39, 0.29) is 0 Å². The van der Waals surface area contributed by atoms with E-state index in [1.807, 2.05) is 43.3 Å². The highest BCUT2D eigenvalue weighted by Crippen LogP contribution is 2.04. The quantitative estimate of drug-likeness (QED) is 0.532. The minimum absolute atomic E-state index is 0.672. The number of carbonyl (C=O) groups is 1. The molecular weight excluding hydrogens is 208 g/mol. The van der Waals surface area contributed by atoms with Crippen LogP contribution in [0.1, 0.15) is 27.0 Å². The van der Waals surface area contributed by atoms with Crippen molar-refractivity contribution in [3.63, 3.8) is 0 Å². The Hall–Kier alpha value is -2.33. The predicted molar refractivity (Wildman–Crippen MR) is 69.0 cm³/mol. The molecule has 0 saturated carbocycles. The molecule has 2 rings (SSSR count). The molecule has 0 amide bonds. The third-order valence-corrected chi connectivity index (χ3v) is 2.42. The lowest BCUT2D eigenvalue weighted by atomic mass is 10.1. The summed E-state index contributed by atoms with van der Waals surface area (Å²) >= 11 is 0. The molecule has 0 saturated heterocycles. The molecule has 2 aromatic carbocycles. The Labute approximate surface area is 101 Å². The maximum atomic E-state index is 10.5. The lowest BCUT2D eigenvalue weighted by Gasteiger charge is -1.93. The van der Waals surface area contributed by atoms with Gasteiger partial charge in [-0.3, -0.25) is 4.79 Å². The number of aryl methyl sites for hydroxylation is 1. The second-order valence-corrected chi connectivity index (χ2v) is 3.86. The van der Waals surface area contributed by atoms with Crippen molar-refractivity contribution in [2.75, 3.05) is 0 Å². The zero-order chi connectivity index (χ0) is 12.1. The fourth-order valence-corrected chi connectivity index (χ4v) is 1.51. The van der Waals surface area contributed by atoms with Crippen molar-refractivity contribution in [3.05, 3.63) is 70.8 Å². The molecule has 0 aromatic heterocycles. The van der Waals surface area contributed by atoms with Gasteiger partial charge in [-0.25, -0.2) is 0 Å². The summed E-state index contributed by atoms with van der Waals surface area (Å²) in [7, 11) is 0. The Morgan fingerprint density at radius 1 is 0.941 bits per heavy atom. The van der Waals surface area contributed by atoms with Gasteiger partial charge in [0.2, 0.25) is 0 Å². The summed E-state index contributed by atoms with van der Waals surface area (Å²) in [6, 6.07) is 15.3. The third-order valence-electron chi connectivity index (χ3n) is 2.42. The molecule has 0 aliphatic carbocycles. The number of hydrogen-bond donors (Lipinski definition) is 0. The fourth-order valence-electron chi connectivity index (χ4n) is 1.51. The van der Waals surface area contributed by atoms with Crippen LogP contribution in [-0.4, -0.2) is 6.29 Å². The molecule has 0 N–H and O–H groups in total. The second-order valence-electron chi connectivity index (χ2n) is 3.86. The van der Waals surface area contributed by atoms with Crippen LogP contribution in [0.25, 0.3) is 0 Å². The van der Waals surface area contributed by atoms with Gasteiger partial charge in [-0.15, -0.1) is 0 Å². The van der Waals surface area contributed by atoms with Gasteiger partial charge in [0.1, 0.15) is 6.29 Å². The highest BCUT2D eigenvalue weighted by molar-refractivity contribution is 5.74. The first-order valence-corrected chi connectivity index (χ1v) is 5.42. The Morgan fingerprint density at radius 3 is 2.29 bits per heavy atom. The van der Waals surface area contributed by atoms with E-state index in [0.717, 1.165) is 17.4 Å². The highest BCUT2D eigenvalue weighted by Gasteiger charge is 1.90. The summed E-state index contributed by atoms with van der Waals surface area (Å²) in [6.45, 7) is 2.05. The second kappa shape index (κ2) is 5.14. The molecule has 1 heteroatoms. The van der Waals surface area contributed by atoms with Crippen LogP contribution in [0.3, 0.4) is 0 Å². The lowest BCUT2D eigenvalue weighted by molar-refractivity contribution is 0.112. The van der Waals surface area contributed by atoms with E-state index < -0.39 is 0 Å². The van der Waals surface area contributed by atoms with Crippen LogP contribution < -0.4 is 0 Å². The molecule has 0 bridgehead atoms. The largest absolute Gasteiger partial charge is 0.298 e. The van der Waals surface area contributed by atoms with Gasteiger partial charge in [0.15, 0.2) is 0 Å². The Morgan fingerprint density at radius 2 is 1.65 bits per heavy atom. The van der Waals surface area contributed by atoms with Gasteiger partial charge in [-0.1, -0.05) is 36.1 Å². The Balaban J connectivity index is 2.23. The van der Waals surface area contributed by atoms with Crippen LogP contribution in [0, 0.1) is 18.8 Å². The van der Waals surface area contributed by atoms with Gasteiger partial charge >= 0.3 is 0 Å². The van der Waals surface area contributed by atoms with Crippen molar-refractivity contribution < 1.29 is 4.79 Å². The van der Waals surface area contributed by atoms with Gasteiger partial charge in [0.05, 0.1) is 0 Å². The van der Waals surface area contributed by atoms with Gasteiger partial charge < -0.3 is 0 Å². The van der Waals surface area contributed by atoms with Crippen LogP contribution in [0.5, 0.6) is 0 Å². The van der Waals surface area contributed by atoms with Crippen molar-refractivity contribution >= 4 is 6.29 Å². The maximum Gasteiger partial charge on any atom is 0.150 e. The fraction of sp³-hybridized carbons (Fsp3) is 0.0625. The van der Waals surface area contributed by atoms with E-state index >= 15 is 0 Å². The van der Waals surface area contributed by atoms with Gasteiger partial charge in [-0.05, 0) is 36.8 Å². The first kappa shape index (κ1) is 11.2. The van der Waals surface area contributed by atoms with E-state index in [2.05, 4.69) is 11.8 Å². The van der Waals surface area contributed by atoms with Crippen LogP contribution in [0.4, 0.5) is 0 Å². The molecule has 0 aliphatic rings. The van der Waals surface area contributed by atoms with E-state index in [0.29, 0.717) is 5.56 Å². The van der Waals surface area contributed by atoms with E-state index in [1.165, 1.54) is 5.56 Å². The molecule has 17 heavy (non-hydrogen) atoms. The van der Waals surface area contributed by atoms with E-state index in [1.54, 1.807) is 12.1 Å². The molecule has 0 atom stereocenters. The molecule has 0 aliphatic heterocycles. The van der Waals surface area contributed by atoms with Crippen molar-refractivity contribution in [1.29, 1.82) is 0 Å². The van der Waals surface area contributed by atoms with Crippen molar-refractivity contribution in [3.8, 4) is 11.8 Å². The molecule has 0 unspecified atom stereocenters. The standard InChI is InChI=1S/C16H12O/c1-13-3-2-4-15(11-13)8-5-14-6-9-16(12-17)10-7-14/h2-4,6-7,9-12H,1H3. The topological polar surface area (TPSA) is 17.1 Å². The lowest BCUT2D eigenvalue weighted by Crippen LogP contribution is -1.80. The van der Waals surface area contributed by atoms with Crippen molar-refractivity contribution in [2.45, 2.75) is 6.92 Å². The van der Waals surface area contributed by atoms with Gasteiger partial charge in [0, 0.05) is 16.7 Å². The van der Waals surface area contributed by atoms with Gasteiger partial charge in [-0.2, -0.15) is 0 Å². The number of aldehydes is 1. The predicted octanol–water partition coefficient (Wildman–Crippen LogP) is 3.21. The zero-order valence-corrected chi connectivity index (χ0v) is 9.60. The molecule has 2 aromatic rings. The summed E-state index contributed by atoms with van der Waals surface area (Å²) in [5, 5.41) is 0. The molecular formula is C16H12O. The smallest absolute Gasteiger partial charge is 0.150 e. The highest BCUT2D eigenvalue weighted by atomic mass is 16.1. The summed E-state index contributed by atoms with van der Waals surface area (Å²) in [5.41, 5.74) is 3.79. The molecule has 0 heterocycles. The van der Waals surface area contributed by atoms with Crippen molar-refractivity contribution in [2.24, 2.45) is 0 Å². The normalized spacial score (nSPS) is 9.24. The van der Waals surface area contributed by atoms with E-state index in [9.17, 15) is 4.79 Å². The van der Waals surface area contributed by atoms with E-state index in [4.69, 9.17) is 0 Å². The first-order chi connectivity index (χ1) is 8.28. The zero-order valence-electron chi connectivity index (χ0n) is 9.60. The summed E-state index contributed by atoms with van der Waals surface area (Å²) in [6.07, 6.45) is 0.831. The SMILES string of the molecule is Cc1cccc(C#Cc2ccc(C=O)cc2)c1. The minimum atomic E-state index is 0.672. The van der Waals surface area contributed by atoms with Gasteiger partial charge in [0.25, 0.3) is 0 Å². The Kier molecular flexibility index (Phi) is 3.37. The molecule has 0 radical (unpaired) electrons. The number of carbonyl (C=O) groups excluding carboxylic acids is 1. The summed E-state index contributed by atoms with van der Waals surface area (Å²) < 4.78 is 0. The number of rotatable bonds is 1. The average Bonchev–Trinajstić information content (AvgIpc) is 2.37. The average molecular weight is 220 g/mol. The van der Waals surface area contributed by atoms with Crippen molar-refractivity contribution in [1.82, 2.24) is 0 Å². The monoisotopic (exact) mass is 220 g/mol. The molecule has 1 nitrogen and oxygen atoms in total. The van der Waals surface area contributed by atoms with Crippen LogP contribution in [0.15, 0.2) is 48.5 Å². The molecule has 0 fully saturated rings.